The lowest BCUT2D eigenvalue weighted by atomic mass is 10.0. The Labute approximate surface area is 139 Å². The summed E-state index contributed by atoms with van der Waals surface area (Å²) in [6.45, 7) is 2.02. The highest BCUT2D eigenvalue weighted by Gasteiger charge is 2.20. The van der Waals surface area contributed by atoms with Crippen LogP contribution >= 0.6 is 11.9 Å². The molecule has 2 aromatic carbocycles. The topological polar surface area (TPSA) is 59.5 Å². The first-order valence-electron chi connectivity index (χ1n) is 7.22. The summed E-state index contributed by atoms with van der Waals surface area (Å²) in [5, 5.41) is 0.742. The molecule has 0 saturated carbocycles. The van der Waals surface area contributed by atoms with Crippen molar-refractivity contribution in [2.75, 3.05) is 17.6 Å². The van der Waals surface area contributed by atoms with Crippen molar-refractivity contribution in [1.29, 1.82) is 0 Å². The van der Waals surface area contributed by atoms with Gasteiger partial charge in [-0.05, 0) is 19.1 Å². The summed E-state index contributed by atoms with van der Waals surface area (Å²) >= 11 is 1.60. The summed E-state index contributed by atoms with van der Waals surface area (Å²) in [6.07, 6.45) is 2.00. The number of aryl methyl sites for hydroxylation is 1. The molecule has 0 aliphatic heterocycles. The molecule has 2 N–H and O–H groups in total. The van der Waals surface area contributed by atoms with Crippen LogP contribution in [0.2, 0.25) is 0 Å². The third kappa shape index (κ3) is 2.80. The van der Waals surface area contributed by atoms with Gasteiger partial charge >= 0.3 is 0 Å². The first-order valence-corrected chi connectivity index (χ1v) is 8.40. The fourth-order valence-corrected chi connectivity index (χ4v) is 2.86. The Morgan fingerprint density at radius 1 is 1.17 bits per heavy atom. The van der Waals surface area contributed by atoms with Crippen molar-refractivity contribution >= 4 is 34.5 Å². The molecule has 0 aliphatic carbocycles. The molecule has 3 aromatic rings. The summed E-state index contributed by atoms with van der Waals surface area (Å²) in [5.41, 5.74) is 9.70. The van der Waals surface area contributed by atoms with E-state index in [9.17, 15) is 4.79 Å². The van der Waals surface area contributed by atoms with Crippen LogP contribution in [0.5, 0.6) is 0 Å². The molecule has 0 aliphatic rings. The Morgan fingerprint density at radius 3 is 2.48 bits per heavy atom. The standard InChI is InChI=1S/C18H18N2O2S/c1-11-4-6-12(7-5-11)17-16(18(19)21)14-9-8-13(20(2)23-3)10-15(14)22-17/h4-10H,1-3H3,(H2,19,21). The second kappa shape index (κ2) is 6.01. The van der Waals surface area contributed by atoms with E-state index in [-0.39, 0.29) is 0 Å². The zero-order valence-electron chi connectivity index (χ0n) is 13.3. The fourth-order valence-electron chi connectivity index (χ4n) is 2.54. The Hall–Kier alpha value is -2.40. The van der Waals surface area contributed by atoms with Crippen LogP contribution in [0.4, 0.5) is 5.69 Å². The molecular formula is C18H18N2O2S. The Kier molecular flexibility index (Phi) is 4.05. The molecule has 0 saturated heterocycles. The van der Waals surface area contributed by atoms with Gasteiger partial charge in [0.1, 0.15) is 11.3 Å². The van der Waals surface area contributed by atoms with Crippen LogP contribution in [0, 0.1) is 6.92 Å². The van der Waals surface area contributed by atoms with Gasteiger partial charge in [-0.15, -0.1) is 0 Å². The average Bonchev–Trinajstić information content (AvgIpc) is 2.93. The monoisotopic (exact) mass is 326 g/mol. The summed E-state index contributed by atoms with van der Waals surface area (Å²) in [4.78, 5) is 12.0. The highest BCUT2D eigenvalue weighted by atomic mass is 32.2. The first-order chi connectivity index (χ1) is 11.0. The third-order valence-electron chi connectivity index (χ3n) is 3.87. The van der Waals surface area contributed by atoms with E-state index in [2.05, 4.69) is 0 Å². The molecule has 5 heteroatoms. The number of benzene rings is 2. The smallest absolute Gasteiger partial charge is 0.253 e. The molecule has 0 fully saturated rings. The molecule has 3 rings (SSSR count). The number of primary amides is 1. The van der Waals surface area contributed by atoms with Gasteiger partial charge in [-0.1, -0.05) is 41.8 Å². The molecule has 1 heterocycles. The molecule has 1 amide bonds. The minimum absolute atomic E-state index is 0.433. The molecule has 4 nitrogen and oxygen atoms in total. The molecule has 0 bridgehead atoms. The van der Waals surface area contributed by atoms with Gasteiger partial charge < -0.3 is 14.5 Å². The zero-order valence-corrected chi connectivity index (χ0v) is 14.1. The number of rotatable bonds is 4. The van der Waals surface area contributed by atoms with Gasteiger partial charge in [-0.3, -0.25) is 4.79 Å². The maximum absolute atomic E-state index is 12.0. The molecule has 1 aromatic heterocycles. The van der Waals surface area contributed by atoms with E-state index in [0.717, 1.165) is 22.2 Å². The maximum atomic E-state index is 12.0. The van der Waals surface area contributed by atoms with Crippen molar-refractivity contribution in [1.82, 2.24) is 0 Å². The number of amides is 1. The minimum atomic E-state index is -0.481. The highest BCUT2D eigenvalue weighted by molar-refractivity contribution is 7.99. The molecule has 0 radical (unpaired) electrons. The van der Waals surface area contributed by atoms with E-state index in [1.165, 1.54) is 0 Å². The van der Waals surface area contributed by atoms with Gasteiger partial charge in [-0.2, -0.15) is 0 Å². The van der Waals surface area contributed by atoms with Crippen molar-refractivity contribution in [3.8, 4) is 11.3 Å². The molecule has 23 heavy (non-hydrogen) atoms. The summed E-state index contributed by atoms with van der Waals surface area (Å²) in [5.74, 6) is 0.0433. The fraction of sp³-hybridized carbons (Fsp3) is 0.167. The number of anilines is 1. The lowest BCUT2D eigenvalue weighted by Crippen LogP contribution is -2.11. The zero-order chi connectivity index (χ0) is 16.6. The number of hydrogen-bond donors (Lipinski definition) is 1. The van der Waals surface area contributed by atoms with Crippen LogP contribution in [0.25, 0.3) is 22.3 Å². The Bertz CT molecular complexity index is 869. The summed E-state index contributed by atoms with van der Waals surface area (Å²) in [7, 11) is 1.98. The molecular weight excluding hydrogens is 308 g/mol. The Morgan fingerprint density at radius 2 is 1.87 bits per heavy atom. The first kappa shape index (κ1) is 15.5. The normalized spacial score (nSPS) is 10.9. The van der Waals surface area contributed by atoms with Crippen LogP contribution in [0.15, 0.2) is 46.9 Å². The number of hydrogen-bond acceptors (Lipinski definition) is 4. The van der Waals surface area contributed by atoms with Crippen molar-refractivity contribution < 1.29 is 9.21 Å². The molecule has 118 valence electrons. The van der Waals surface area contributed by atoms with Gasteiger partial charge in [0.05, 0.1) is 11.3 Å². The molecule has 0 spiro atoms. The quantitative estimate of drug-likeness (QED) is 0.729. The van der Waals surface area contributed by atoms with Crippen molar-refractivity contribution in [3.63, 3.8) is 0 Å². The van der Waals surface area contributed by atoms with Crippen molar-refractivity contribution in [2.45, 2.75) is 6.92 Å². The average molecular weight is 326 g/mol. The number of furan rings is 1. The lowest BCUT2D eigenvalue weighted by molar-refractivity contribution is 0.100. The summed E-state index contributed by atoms with van der Waals surface area (Å²) in [6, 6.07) is 13.6. The van der Waals surface area contributed by atoms with E-state index in [0.29, 0.717) is 16.9 Å². The van der Waals surface area contributed by atoms with E-state index in [1.807, 2.05) is 67.0 Å². The van der Waals surface area contributed by atoms with Gasteiger partial charge in [0.25, 0.3) is 5.91 Å². The number of carbonyl (C=O) groups is 1. The van der Waals surface area contributed by atoms with Crippen LogP contribution < -0.4 is 10.0 Å². The Balaban J connectivity index is 2.22. The molecule has 0 unspecified atom stereocenters. The summed E-state index contributed by atoms with van der Waals surface area (Å²) < 4.78 is 8.01. The predicted molar refractivity (Wildman–Crippen MR) is 96.8 cm³/mol. The minimum Gasteiger partial charge on any atom is -0.455 e. The number of fused-ring (bicyclic) bond motifs is 1. The second-order valence-corrected chi connectivity index (χ2v) is 6.31. The van der Waals surface area contributed by atoms with E-state index < -0.39 is 5.91 Å². The maximum Gasteiger partial charge on any atom is 0.253 e. The number of nitrogens with zero attached hydrogens (tertiary/aromatic N) is 1. The predicted octanol–water partition coefficient (Wildman–Crippen LogP) is 4.22. The van der Waals surface area contributed by atoms with Gasteiger partial charge in [-0.25, -0.2) is 0 Å². The number of nitrogens with two attached hydrogens (primary N) is 1. The largest absolute Gasteiger partial charge is 0.455 e. The van der Waals surface area contributed by atoms with Crippen LogP contribution in [0.3, 0.4) is 0 Å². The van der Waals surface area contributed by atoms with E-state index in [4.69, 9.17) is 10.2 Å². The second-order valence-electron chi connectivity index (χ2n) is 5.40. The van der Waals surface area contributed by atoms with Crippen LogP contribution in [0.1, 0.15) is 15.9 Å². The van der Waals surface area contributed by atoms with E-state index in [1.54, 1.807) is 11.9 Å². The van der Waals surface area contributed by atoms with E-state index >= 15 is 0 Å². The highest BCUT2D eigenvalue weighted by Crippen LogP contribution is 2.35. The van der Waals surface area contributed by atoms with Crippen LogP contribution in [-0.2, 0) is 0 Å². The van der Waals surface area contributed by atoms with Crippen molar-refractivity contribution in [2.24, 2.45) is 5.73 Å². The van der Waals surface area contributed by atoms with Crippen LogP contribution in [-0.4, -0.2) is 19.2 Å². The third-order valence-corrected chi connectivity index (χ3v) is 4.63. The van der Waals surface area contributed by atoms with Crippen molar-refractivity contribution in [3.05, 3.63) is 53.6 Å². The van der Waals surface area contributed by atoms with Gasteiger partial charge in [0, 0.05) is 30.3 Å². The lowest BCUT2D eigenvalue weighted by Gasteiger charge is -2.14. The number of carbonyl (C=O) groups excluding carboxylic acids is 1. The van der Waals surface area contributed by atoms with Gasteiger partial charge in [0.2, 0.25) is 0 Å². The molecule has 0 atom stereocenters. The van der Waals surface area contributed by atoms with Gasteiger partial charge in [0.15, 0.2) is 0 Å². The SMILES string of the molecule is CSN(C)c1ccc2c(C(N)=O)c(-c3ccc(C)cc3)oc2c1.